The van der Waals surface area contributed by atoms with E-state index in [9.17, 15) is 19.5 Å². The van der Waals surface area contributed by atoms with Crippen LogP contribution in [0, 0.1) is 29.6 Å². The van der Waals surface area contributed by atoms with E-state index in [0.717, 1.165) is 5.56 Å². The Morgan fingerprint density at radius 1 is 1.05 bits per heavy atom. The first kappa shape index (κ1) is 26.4. The molecular formula is C28H34N2O7. The molecule has 2 N–H and O–H groups in total. The van der Waals surface area contributed by atoms with Crippen LogP contribution in [0.15, 0.2) is 42.6 Å². The lowest BCUT2D eigenvalue weighted by Crippen LogP contribution is -2.48. The Morgan fingerprint density at radius 3 is 2.49 bits per heavy atom. The van der Waals surface area contributed by atoms with Gasteiger partial charge in [0.2, 0.25) is 0 Å². The molecular weight excluding hydrogens is 476 g/mol. The molecule has 2 aromatic rings. The fourth-order valence-electron chi connectivity index (χ4n) is 5.55. The number of ether oxygens (including phenoxy) is 3. The zero-order chi connectivity index (χ0) is 26.5. The van der Waals surface area contributed by atoms with E-state index in [2.05, 4.69) is 10.3 Å². The highest BCUT2D eigenvalue weighted by atomic mass is 16.5. The summed E-state index contributed by atoms with van der Waals surface area (Å²) in [6.07, 6.45) is 3.07. The Hall–Kier alpha value is -3.62. The summed E-state index contributed by atoms with van der Waals surface area (Å²) in [5, 5.41) is 13.2. The van der Waals surface area contributed by atoms with E-state index < -0.39 is 23.7 Å². The predicted octanol–water partition coefficient (Wildman–Crippen LogP) is 3.15. The second kappa shape index (κ2) is 11.6. The molecule has 2 aliphatic rings. The van der Waals surface area contributed by atoms with E-state index in [0.29, 0.717) is 19.3 Å². The van der Waals surface area contributed by atoms with Crippen molar-refractivity contribution in [2.45, 2.75) is 39.2 Å². The van der Waals surface area contributed by atoms with Crippen molar-refractivity contribution in [2.75, 3.05) is 20.3 Å². The Bertz CT molecular complexity index is 1120. The first-order valence-electron chi connectivity index (χ1n) is 12.7. The minimum atomic E-state index is -0.716. The van der Waals surface area contributed by atoms with E-state index >= 15 is 0 Å². The molecule has 0 radical (unpaired) electrons. The number of nitrogens with one attached hydrogen (secondary N) is 1. The van der Waals surface area contributed by atoms with Crippen molar-refractivity contribution in [2.24, 2.45) is 29.6 Å². The lowest BCUT2D eigenvalue weighted by atomic mass is 9.76. The van der Waals surface area contributed by atoms with Crippen molar-refractivity contribution in [1.82, 2.24) is 10.3 Å². The maximum Gasteiger partial charge on any atom is 0.310 e. The molecule has 1 heterocycles. The average Bonchev–Trinajstić information content (AvgIpc) is 3.46. The van der Waals surface area contributed by atoms with Gasteiger partial charge in [0, 0.05) is 24.7 Å². The number of hydrogen-bond acceptors (Lipinski definition) is 8. The van der Waals surface area contributed by atoms with Gasteiger partial charge in [0.15, 0.2) is 17.2 Å². The van der Waals surface area contributed by atoms with Gasteiger partial charge in [-0.2, -0.15) is 0 Å². The van der Waals surface area contributed by atoms with Crippen molar-refractivity contribution in [3.8, 4) is 11.5 Å². The fraction of sp³-hybridized carbons (Fsp3) is 0.500. The van der Waals surface area contributed by atoms with Gasteiger partial charge in [0.25, 0.3) is 5.91 Å². The average molecular weight is 511 g/mol. The summed E-state index contributed by atoms with van der Waals surface area (Å²) in [4.78, 5) is 43.3. The van der Waals surface area contributed by atoms with Crippen molar-refractivity contribution in [1.29, 1.82) is 0 Å². The van der Waals surface area contributed by atoms with Crippen molar-refractivity contribution in [3.05, 3.63) is 53.9 Å². The number of carbonyl (C=O) groups excluding carboxylic acids is 3. The van der Waals surface area contributed by atoms with Crippen molar-refractivity contribution < 1.29 is 33.7 Å². The van der Waals surface area contributed by atoms with Crippen LogP contribution in [0.1, 0.15) is 42.7 Å². The number of rotatable bonds is 10. The molecule has 37 heavy (non-hydrogen) atoms. The van der Waals surface area contributed by atoms with Gasteiger partial charge >= 0.3 is 11.9 Å². The number of benzene rings is 1. The van der Waals surface area contributed by atoms with Gasteiger partial charge in [-0.25, -0.2) is 4.98 Å². The largest absolute Gasteiger partial charge is 0.503 e. The van der Waals surface area contributed by atoms with Crippen LogP contribution in [0.2, 0.25) is 0 Å². The molecule has 0 saturated heterocycles. The molecule has 198 valence electrons. The molecule has 2 bridgehead atoms. The predicted molar refractivity (Wildman–Crippen MR) is 134 cm³/mol. The lowest BCUT2D eigenvalue weighted by Gasteiger charge is -2.33. The molecule has 9 heteroatoms. The summed E-state index contributed by atoms with van der Waals surface area (Å²) < 4.78 is 16.2. The molecule has 1 aromatic heterocycles. The first-order valence-corrected chi connectivity index (χ1v) is 12.7. The van der Waals surface area contributed by atoms with E-state index in [-0.39, 0.29) is 60.2 Å². The van der Waals surface area contributed by atoms with Crippen LogP contribution in [-0.2, 0) is 25.5 Å². The molecule has 2 fully saturated rings. The van der Waals surface area contributed by atoms with Crippen LogP contribution in [0.3, 0.4) is 0 Å². The van der Waals surface area contributed by atoms with Gasteiger partial charge in [-0.1, -0.05) is 44.2 Å². The smallest absolute Gasteiger partial charge is 0.310 e. The van der Waals surface area contributed by atoms with Crippen molar-refractivity contribution in [3.63, 3.8) is 0 Å². The minimum Gasteiger partial charge on any atom is -0.503 e. The highest BCUT2D eigenvalue weighted by Crippen LogP contribution is 2.53. The third kappa shape index (κ3) is 5.87. The molecule has 2 aliphatic carbocycles. The number of aromatic hydroxyl groups is 1. The zero-order valence-corrected chi connectivity index (χ0v) is 21.4. The molecule has 0 spiro atoms. The van der Waals surface area contributed by atoms with Gasteiger partial charge in [-0.3, -0.25) is 14.4 Å². The normalized spacial score (nSPS) is 24.1. The topological polar surface area (TPSA) is 124 Å². The second-order valence-corrected chi connectivity index (χ2v) is 10.2. The number of esters is 2. The first-order chi connectivity index (χ1) is 17.8. The van der Waals surface area contributed by atoms with Gasteiger partial charge < -0.3 is 24.6 Å². The number of aromatic nitrogens is 1. The maximum atomic E-state index is 13.3. The van der Waals surface area contributed by atoms with Crippen LogP contribution < -0.4 is 10.1 Å². The van der Waals surface area contributed by atoms with E-state index in [1.54, 1.807) is 0 Å². The summed E-state index contributed by atoms with van der Waals surface area (Å²) in [5.74, 6) is -3.16. The molecule has 9 nitrogen and oxygen atoms in total. The van der Waals surface area contributed by atoms with E-state index in [4.69, 9.17) is 14.2 Å². The standard InChI is InChI=1S/C28H34N2O7/c1-16(2)15-37-27(33)22-18-13-19(23(22)28(34)36-12-10-17-7-5-4-6-8-17)20(14-18)30-26(32)24-25(31)21(35-3)9-11-29-24/h4-9,11,16,18-20,22-23,31H,10,12-15H2,1-3H3,(H,30,32). The SMILES string of the molecule is COc1ccnc(C(=O)NC2CC3CC2C(C(=O)OCCc2ccccc2)C3C(=O)OCC(C)C)c1O. The number of fused-ring (bicyclic) bond motifs is 2. The molecule has 0 aliphatic heterocycles. The minimum absolute atomic E-state index is 0.117. The monoisotopic (exact) mass is 510 g/mol. The summed E-state index contributed by atoms with van der Waals surface area (Å²) in [5.41, 5.74) is 0.892. The molecule has 4 rings (SSSR count). The molecule has 5 unspecified atom stereocenters. The van der Waals surface area contributed by atoms with Crippen LogP contribution in [0.5, 0.6) is 11.5 Å². The number of amides is 1. The van der Waals surface area contributed by atoms with Gasteiger partial charge in [-0.15, -0.1) is 0 Å². The second-order valence-electron chi connectivity index (χ2n) is 10.2. The number of pyridine rings is 1. The van der Waals surface area contributed by atoms with E-state index in [1.807, 2.05) is 44.2 Å². The van der Waals surface area contributed by atoms with Gasteiger partial charge in [-0.05, 0) is 36.2 Å². The highest BCUT2D eigenvalue weighted by molar-refractivity contribution is 5.96. The van der Waals surface area contributed by atoms with Crippen LogP contribution in [0.4, 0.5) is 0 Å². The number of hydrogen-bond donors (Lipinski definition) is 2. The zero-order valence-electron chi connectivity index (χ0n) is 21.4. The summed E-state index contributed by atoms with van der Waals surface area (Å²) in [6.45, 7) is 4.39. The van der Waals surface area contributed by atoms with Crippen LogP contribution in [-0.4, -0.2) is 54.3 Å². The molecule has 2 saturated carbocycles. The Labute approximate surface area is 216 Å². The molecule has 5 atom stereocenters. The lowest BCUT2D eigenvalue weighted by molar-refractivity contribution is -0.164. The van der Waals surface area contributed by atoms with Crippen molar-refractivity contribution >= 4 is 17.8 Å². The Balaban J connectivity index is 1.47. The molecule has 1 amide bonds. The van der Waals surface area contributed by atoms with Crippen LogP contribution >= 0.6 is 0 Å². The summed E-state index contributed by atoms with van der Waals surface area (Å²) >= 11 is 0. The number of carbonyl (C=O) groups is 3. The van der Waals surface area contributed by atoms with Gasteiger partial charge in [0.1, 0.15) is 0 Å². The van der Waals surface area contributed by atoms with E-state index in [1.165, 1.54) is 19.4 Å². The maximum absolute atomic E-state index is 13.3. The quantitative estimate of drug-likeness (QED) is 0.467. The third-order valence-corrected chi connectivity index (χ3v) is 7.22. The number of methoxy groups -OCH3 is 1. The summed E-state index contributed by atoms with van der Waals surface area (Å²) in [6, 6.07) is 10.8. The van der Waals surface area contributed by atoms with Gasteiger partial charge in [0.05, 0.1) is 32.2 Å². The summed E-state index contributed by atoms with van der Waals surface area (Å²) in [7, 11) is 1.39. The number of nitrogens with zero attached hydrogens (tertiary/aromatic N) is 1. The highest BCUT2D eigenvalue weighted by Gasteiger charge is 2.59. The fourth-order valence-corrected chi connectivity index (χ4v) is 5.55. The van der Waals surface area contributed by atoms with Crippen LogP contribution in [0.25, 0.3) is 0 Å². The Morgan fingerprint density at radius 2 is 1.78 bits per heavy atom. The third-order valence-electron chi connectivity index (χ3n) is 7.22. The Kier molecular flexibility index (Phi) is 8.31. The molecule has 1 aromatic carbocycles.